The number of ether oxygens (including phenoxy) is 1. The molecule has 7 nitrogen and oxygen atoms in total. The molecule has 0 saturated heterocycles. The first-order chi connectivity index (χ1) is 13.9. The maximum Gasteiger partial charge on any atom is 0.329 e. The van der Waals surface area contributed by atoms with E-state index in [2.05, 4.69) is 12.1 Å². The summed E-state index contributed by atoms with van der Waals surface area (Å²) in [5.41, 5.74) is 5.15. The van der Waals surface area contributed by atoms with Gasteiger partial charge in [0.15, 0.2) is 0 Å². The van der Waals surface area contributed by atoms with Crippen molar-refractivity contribution in [3.63, 3.8) is 0 Å². The summed E-state index contributed by atoms with van der Waals surface area (Å²) in [4.78, 5) is 17.8. The van der Waals surface area contributed by atoms with Crippen LogP contribution >= 0.6 is 0 Å². The molecule has 152 valence electrons. The van der Waals surface area contributed by atoms with Crippen LogP contribution in [0.3, 0.4) is 0 Å². The fourth-order valence-electron chi connectivity index (χ4n) is 4.12. The average molecular weight is 394 g/mol. The molecular weight excluding hydrogens is 368 g/mol. The predicted molar refractivity (Wildman–Crippen MR) is 114 cm³/mol. The van der Waals surface area contributed by atoms with E-state index in [0.29, 0.717) is 12.3 Å². The van der Waals surface area contributed by atoms with E-state index in [1.807, 2.05) is 49.0 Å². The van der Waals surface area contributed by atoms with Crippen LogP contribution in [0.25, 0.3) is 33.1 Å². The number of nitrogens with zero attached hydrogens (tertiary/aromatic N) is 4. The maximum atomic E-state index is 13.1. The van der Waals surface area contributed by atoms with Crippen LogP contribution in [-0.4, -0.2) is 26.4 Å². The van der Waals surface area contributed by atoms with E-state index >= 15 is 0 Å². The lowest BCUT2D eigenvalue weighted by molar-refractivity contribution is 0.393. The van der Waals surface area contributed by atoms with Gasteiger partial charge in [0.1, 0.15) is 11.5 Å². The second-order valence-electron chi connectivity index (χ2n) is 7.66. The van der Waals surface area contributed by atoms with Crippen molar-refractivity contribution in [3.8, 4) is 16.9 Å². The highest BCUT2D eigenvalue weighted by atomic mass is 16.5. The van der Waals surface area contributed by atoms with Crippen molar-refractivity contribution in [1.29, 1.82) is 0 Å². The van der Waals surface area contributed by atoms with Gasteiger partial charge in [-0.2, -0.15) is 0 Å². The lowest BCUT2D eigenvalue weighted by Crippen LogP contribution is -2.25. The van der Waals surface area contributed by atoms with Crippen molar-refractivity contribution in [2.45, 2.75) is 53.6 Å². The zero-order valence-corrected chi connectivity index (χ0v) is 17.7. The Bertz CT molecular complexity index is 1260. The Hall–Kier alpha value is -3.09. The quantitative estimate of drug-likeness (QED) is 0.494. The molecule has 0 aliphatic heterocycles. The van der Waals surface area contributed by atoms with Gasteiger partial charge >= 0.3 is 5.69 Å². The molecule has 4 aromatic rings. The number of methoxy groups -OCH3 is 1. The molecule has 0 radical (unpaired) electrons. The number of aromatic nitrogens is 4. The Morgan fingerprint density at radius 1 is 1.24 bits per heavy atom. The van der Waals surface area contributed by atoms with E-state index in [1.165, 1.54) is 0 Å². The fourth-order valence-corrected chi connectivity index (χ4v) is 4.12. The maximum absolute atomic E-state index is 13.1. The third-order valence-electron chi connectivity index (χ3n) is 5.38. The van der Waals surface area contributed by atoms with Crippen LogP contribution < -0.4 is 10.4 Å². The Morgan fingerprint density at radius 3 is 2.59 bits per heavy atom. The van der Waals surface area contributed by atoms with Crippen molar-refractivity contribution in [2.75, 3.05) is 7.11 Å². The van der Waals surface area contributed by atoms with Crippen LogP contribution in [0.4, 0.5) is 0 Å². The monoisotopic (exact) mass is 394 g/mol. The Kier molecular flexibility index (Phi) is 4.68. The highest BCUT2D eigenvalue weighted by molar-refractivity contribution is 6.05. The smallest absolute Gasteiger partial charge is 0.329 e. The van der Waals surface area contributed by atoms with Gasteiger partial charge in [0, 0.05) is 23.5 Å². The van der Waals surface area contributed by atoms with Crippen molar-refractivity contribution in [2.24, 2.45) is 0 Å². The molecule has 0 atom stereocenters. The van der Waals surface area contributed by atoms with Crippen molar-refractivity contribution in [1.82, 2.24) is 19.3 Å². The van der Waals surface area contributed by atoms with Gasteiger partial charge in [0.05, 0.1) is 41.1 Å². The number of hydrogen-bond donors (Lipinski definition) is 0. The number of rotatable bonds is 5. The number of hydrogen-bond acceptors (Lipinski definition) is 5. The highest BCUT2D eigenvalue weighted by Crippen LogP contribution is 2.39. The molecule has 29 heavy (non-hydrogen) atoms. The average Bonchev–Trinajstić information content (AvgIpc) is 3.17. The molecule has 0 unspecified atom stereocenters. The third-order valence-corrected chi connectivity index (χ3v) is 5.38. The van der Waals surface area contributed by atoms with Gasteiger partial charge in [-0.1, -0.05) is 12.1 Å². The number of fused-ring (bicyclic) bond motifs is 3. The molecule has 0 aliphatic rings. The molecule has 0 spiro atoms. The summed E-state index contributed by atoms with van der Waals surface area (Å²) in [6.45, 7) is 10.6. The molecule has 0 aliphatic carbocycles. The molecule has 1 aromatic carbocycles. The zero-order chi connectivity index (χ0) is 20.9. The summed E-state index contributed by atoms with van der Waals surface area (Å²) in [6.07, 6.45) is 2.68. The second kappa shape index (κ2) is 7.06. The van der Waals surface area contributed by atoms with Gasteiger partial charge < -0.3 is 9.26 Å². The first kappa shape index (κ1) is 19.2. The first-order valence-corrected chi connectivity index (χ1v) is 9.93. The van der Waals surface area contributed by atoms with E-state index in [0.717, 1.165) is 50.9 Å². The van der Waals surface area contributed by atoms with Crippen LogP contribution in [-0.2, 0) is 6.54 Å². The molecule has 0 N–H and O–H groups in total. The van der Waals surface area contributed by atoms with Crippen LogP contribution in [0.5, 0.6) is 5.75 Å². The van der Waals surface area contributed by atoms with Crippen LogP contribution in [0.15, 0.2) is 27.6 Å². The minimum atomic E-state index is -0.0000770. The van der Waals surface area contributed by atoms with Crippen molar-refractivity contribution < 1.29 is 9.26 Å². The third kappa shape index (κ3) is 2.84. The standard InChI is InChI=1S/C22H26N4O3/c1-7-8-25-18-11-23-17-9-16(20-13(4)24-29-14(20)5)19(28-6)10-15(17)21(18)26(12(2)3)22(25)27/h9-12H,7-8H2,1-6H3. The minimum absolute atomic E-state index is 0.0000770. The first-order valence-electron chi connectivity index (χ1n) is 9.93. The van der Waals surface area contributed by atoms with Crippen LogP contribution in [0, 0.1) is 13.8 Å². The molecule has 0 amide bonds. The molecule has 3 aromatic heterocycles. The van der Waals surface area contributed by atoms with Crippen molar-refractivity contribution in [3.05, 3.63) is 40.3 Å². The number of imidazole rings is 1. The topological polar surface area (TPSA) is 75.1 Å². The summed E-state index contributed by atoms with van der Waals surface area (Å²) in [6, 6.07) is 3.99. The van der Waals surface area contributed by atoms with E-state index in [9.17, 15) is 4.79 Å². The largest absolute Gasteiger partial charge is 0.496 e. The predicted octanol–water partition coefficient (Wildman–Crippen LogP) is 4.62. The normalized spacial score (nSPS) is 11.8. The molecule has 0 saturated carbocycles. The van der Waals surface area contributed by atoms with E-state index in [1.54, 1.807) is 13.3 Å². The number of benzene rings is 1. The summed E-state index contributed by atoms with van der Waals surface area (Å²) >= 11 is 0. The summed E-state index contributed by atoms with van der Waals surface area (Å²) < 4.78 is 14.8. The molecule has 3 heterocycles. The molecule has 0 fully saturated rings. The van der Waals surface area contributed by atoms with Gasteiger partial charge in [-0.15, -0.1) is 0 Å². The Labute approximate surface area is 168 Å². The summed E-state index contributed by atoms with van der Waals surface area (Å²) in [5.74, 6) is 1.43. The Balaban J connectivity index is 2.13. The SMILES string of the molecule is CCCn1c(=O)n(C(C)C)c2c3cc(OC)c(-c4c(C)noc4C)cc3ncc21. The van der Waals surface area contributed by atoms with Crippen LogP contribution in [0.2, 0.25) is 0 Å². The fraction of sp³-hybridized carbons (Fsp3) is 0.409. The van der Waals surface area contributed by atoms with Crippen molar-refractivity contribution >= 4 is 21.9 Å². The lowest BCUT2D eigenvalue weighted by atomic mass is 10.0. The van der Waals surface area contributed by atoms with Gasteiger partial charge in [0.2, 0.25) is 0 Å². The van der Waals surface area contributed by atoms with Gasteiger partial charge in [-0.25, -0.2) is 4.79 Å². The highest BCUT2D eigenvalue weighted by Gasteiger charge is 2.22. The van der Waals surface area contributed by atoms with Gasteiger partial charge in [-0.3, -0.25) is 14.1 Å². The van der Waals surface area contributed by atoms with Gasteiger partial charge in [0.25, 0.3) is 0 Å². The second-order valence-corrected chi connectivity index (χ2v) is 7.66. The van der Waals surface area contributed by atoms with E-state index in [4.69, 9.17) is 14.2 Å². The zero-order valence-electron chi connectivity index (χ0n) is 17.7. The van der Waals surface area contributed by atoms with E-state index < -0.39 is 0 Å². The lowest BCUT2D eigenvalue weighted by Gasteiger charge is -2.13. The molecular formula is C22H26N4O3. The van der Waals surface area contributed by atoms with Gasteiger partial charge in [-0.05, 0) is 46.2 Å². The van der Waals surface area contributed by atoms with Crippen LogP contribution in [0.1, 0.15) is 44.7 Å². The molecule has 7 heteroatoms. The Morgan fingerprint density at radius 2 is 2.00 bits per heavy atom. The minimum Gasteiger partial charge on any atom is -0.496 e. The number of aryl methyl sites for hydroxylation is 3. The van der Waals surface area contributed by atoms with E-state index in [-0.39, 0.29) is 11.7 Å². The summed E-state index contributed by atoms with van der Waals surface area (Å²) in [5, 5.41) is 4.97. The number of pyridine rings is 1. The summed E-state index contributed by atoms with van der Waals surface area (Å²) in [7, 11) is 1.65. The molecule has 4 rings (SSSR count). The molecule has 0 bridgehead atoms.